The molecule has 0 saturated carbocycles. The van der Waals surface area contributed by atoms with Crippen LogP contribution in [0.4, 0.5) is 5.82 Å². The fourth-order valence-corrected chi connectivity index (χ4v) is 2.19. The third kappa shape index (κ3) is 1.89. The number of nitrogens with two attached hydrogens (primary N) is 1. The normalized spacial score (nSPS) is 13.8. The van der Waals surface area contributed by atoms with Crippen molar-refractivity contribution in [2.24, 2.45) is 0 Å². The molecule has 1 aliphatic heterocycles. The predicted octanol–water partition coefficient (Wildman–Crippen LogP) is 1.88. The number of fused-ring (bicyclic) bond motifs is 1. The lowest BCUT2D eigenvalue weighted by atomic mass is 9.91. The van der Waals surface area contributed by atoms with E-state index < -0.39 is 0 Å². The summed E-state index contributed by atoms with van der Waals surface area (Å²) in [5, 5.41) is 8.09. The van der Waals surface area contributed by atoms with Crippen LogP contribution in [0.1, 0.15) is 26.5 Å². The molecular formula is C13H16N4O2. The molecule has 6 nitrogen and oxygen atoms in total. The molecule has 0 spiro atoms. The molecule has 1 aromatic heterocycles. The van der Waals surface area contributed by atoms with Crippen LogP contribution in [-0.2, 0) is 5.41 Å². The monoisotopic (exact) mass is 260 g/mol. The summed E-state index contributed by atoms with van der Waals surface area (Å²) < 4.78 is 12.4. The van der Waals surface area contributed by atoms with Crippen LogP contribution in [0.25, 0.3) is 5.69 Å². The quantitative estimate of drug-likeness (QED) is 0.847. The molecule has 0 radical (unpaired) electrons. The Kier molecular flexibility index (Phi) is 2.41. The van der Waals surface area contributed by atoms with Crippen molar-refractivity contribution in [2.75, 3.05) is 12.5 Å². The molecular weight excluding hydrogens is 244 g/mol. The maximum absolute atomic E-state index is 5.93. The average molecular weight is 260 g/mol. The number of aromatic nitrogens is 3. The molecule has 0 saturated heterocycles. The first-order valence-corrected chi connectivity index (χ1v) is 6.08. The maximum Gasteiger partial charge on any atom is 0.231 e. The van der Waals surface area contributed by atoms with E-state index in [1.807, 2.05) is 18.2 Å². The van der Waals surface area contributed by atoms with E-state index >= 15 is 0 Å². The molecule has 2 heterocycles. The lowest BCUT2D eigenvalue weighted by Crippen LogP contribution is -2.19. The topological polar surface area (TPSA) is 75.2 Å². The molecule has 6 heteroatoms. The van der Waals surface area contributed by atoms with E-state index in [0.29, 0.717) is 11.6 Å². The molecule has 0 atom stereocenters. The molecule has 1 aromatic carbocycles. The number of nitrogen functional groups attached to an aromatic ring is 1. The first-order valence-electron chi connectivity index (χ1n) is 6.08. The lowest BCUT2D eigenvalue weighted by molar-refractivity contribution is 0.174. The van der Waals surface area contributed by atoms with Crippen LogP contribution < -0.4 is 15.2 Å². The SMILES string of the molecule is CC(C)(C)c1c(N)nnn1-c1ccc2c(c1)OCO2. The molecule has 2 aromatic rings. The molecule has 0 fully saturated rings. The minimum absolute atomic E-state index is 0.149. The van der Waals surface area contributed by atoms with Crippen molar-refractivity contribution >= 4 is 5.82 Å². The van der Waals surface area contributed by atoms with E-state index in [0.717, 1.165) is 17.1 Å². The smallest absolute Gasteiger partial charge is 0.231 e. The van der Waals surface area contributed by atoms with Crippen molar-refractivity contribution in [3.8, 4) is 17.2 Å². The zero-order valence-corrected chi connectivity index (χ0v) is 11.2. The first-order chi connectivity index (χ1) is 8.97. The van der Waals surface area contributed by atoms with Crippen LogP contribution in [0, 0.1) is 0 Å². The summed E-state index contributed by atoms with van der Waals surface area (Å²) in [4.78, 5) is 0. The molecule has 1 aliphatic rings. The summed E-state index contributed by atoms with van der Waals surface area (Å²) in [5.41, 5.74) is 7.52. The molecule has 19 heavy (non-hydrogen) atoms. The van der Waals surface area contributed by atoms with Crippen LogP contribution in [0.15, 0.2) is 18.2 Å². The fraction of sp³-hybridized carbons (Fsp3) is 0.385. The minimum Gasteiger partial charge on any atom is -0.454 e. The second-order valence-electron chi connectivity index (χ2n) is 5.52. The van der Waals surface area contributed by atoms with Gasteiger partial charge < -0.3 is 15.2 Å². The Bertz CT molecular complexity index is 628. The van der Waals surface area contributed by atoms with Crippen molar-refractivity contribution < 1.29 is 9.47 Å². The molecule has 0 unspecified atom stereocenters. The molecule has 2 N–H and O–H groups in total. The number of nitrogens with zero attached hydrogens (tertiary/aromatic N) is 3. The highest BCUT2D eigenvalue weighted by Crippen LogP contribution is 2.35. The highest BCUT2D eigenvalue weighted by atomic mass is 16.7. The van der Waals surface area contributed by atoms with E-state index in [9.17, 15) is 0 Å². The Morgan fingerprint density at radius 1 is 1.21 bits per heavy atom. The van der Waals surface area contributed by atoms with Gasteiger partial charge in [-0.25, -0.2) is 4.68 Å². The third-order valence-electron chi connectivity index (χ3n) is 3.01. The maximum atomic E-state index is 5.93. The van der Waals surface area contributed by atoms with Gasteiger partial charge in [-0.3, -0.25) is 0 Å². The highest BCUT2D eigenvalue weighted by molar-refractivity contribution is 5.52. The lowest BCUT2D eigenvalue weighted by Gasteiger charge is -2.20. The van der Waals surface area contributed by atoms with Crippen LogP contribution >= 0.6 is 0 Å². The number of ether oxygens (including phenoxy) is 2. The predicted molar refractivity (Wildman–Crippen MR) is 70.6 cm³/mol. The molecule has 0 amide bonds. The number of anilines is 1. The molecule has 100 valence electrons. The second-order valence-corrected chi connectivity index (χ2v) is 5.52. The van der Waals surface area contributed by atoms with E-state index in [1.165, 1.54) is 0 Å². The van der Waals surface area contributed by atoms with E-state index in [-0.39, 0.29) is 12.2 Å². The standard InChI is InChI=1S/C13H16N4O2/c1-13(2,3)11-12(14)15-16-17(11)8-4-5-9-10(6-8)19-7-18-9/h4-6H,7,14H2,1-3H3. The van der Waals surface area contributed by atoms with E-state index in [4.69, 9.17) is 15.2 Å². The fourth-order valence-electron chi connectivity index (χ4n) is 2.19. The summed E-state index contributed by atoms with van der Waals surface area (Å²) in [6.45, 7) is 6.48. The van der Waals surface area contributed by atoms with Gasteiger partial charge in [-0.15, -0.1) is 5.10 Å². The van der Waals surface area contributed by atoms with Gasteiger partial charge in [0.15, 0.2) is 17.3 Å². The summed E-state index contributed by atoms with van der Waals surface area (Å²) in [6.07, 6.45) is 0. The van der Waals surface area contributed by atoms with Crippen molar-refractivity contribution in [3.63, 3.8) is 0 Å². The molecule has 0 bridgehead atoms. The van der Waals surface area contributed by atoms with Gasteiger partial charge in [-0.05, 0) is 12.1 Å². The van der Waals surface area contributed by atoms with Gasteiger partial charge in [0, 0.05) is 11.5 Å². The van der Waals surface area contributed by atoms with Crippen LogP contribution in [0.3, 0.4) is 0 Å². The van der Waals surface area contributed by atoms with Crippen molar-refractivity contribution in [3.05, 3.63) is 23.9 Å². The van der Waals surface area contributed by atoms with E-state index in [2.05, 4.69) is 31.1 Å². The largest absolute Gasteiger partial charge is 0.454 e. The second kappa shape index (κ2) is 3.88. The van der Waals surface area contributed by atoms with Gasteiger partial charge in [-0.2, -0.15) is 0 Å². The van der Waals surface area contributed by atoms with Gasteiger partial charge >= 0.3 is 0 Å². The van der Waals surface area contributed by atoms with Gasteiger partial charge in [0.2, 0.25) is 6.79 Å². The van der Waals surface area contributed by atoms with Gasteiger partial charge in [-0.1, -0.05) is 26.0 Å². The Balaban J connectivity index is 2.13. The summed E-state index contributed by atoms with van der Waals surface area (Å²) in [7, 11) is 0. The average Bonchev–Trinajstić information content (AvgIpc) is 2.92. The van der Waals surface area contributed by atoms with Gasteiger partial charge in [0.25, 0.3) is 0 Å². The molecule has 0 aliphatic carbocycles. The Morgan fingerprint density at radius 3 is 2.68 bits per heavy atom. The highest BCUT2D eigenvalue weighted by Gasteiger charge is 2.25. The Labute approximate surface area is 111 Å². The minimum atomic E-state index is -0.149. The zero-order chi connectivity index (χ0) is 13.6. The van der Waals surface area contributed by atoms with Crippen LogP contribution in [0.5, 0.6) is 11.5 Å². The number of rotatable bonds is 1. The summed E-state index contributed by atoms with van der Waals surface area (Å²) in [6, 6.07) is 5.66. The van der Waals surface area contributed by atoms with E-state index in [1.54, 1.807) is 4.68 Å². The van der Waals surface area contributed by atoms with Crippen molar-refractivity contribution in [1.82, 2.24) is 15.0 Å². The van der Waals surface area contributed by atoms with Crippen molar-refractivity contribution in [2.45, 2.75) is 26.2 Å². The van der Waals surface area contributed by atoms with Gasteiger partial charge in [0.1, 0.15) is 0 Å². The van der Waals surface area contributed by atoms with Crippen LogP contribution in [-0.4, -0.2) is 21.8 Å². The van der Waals surface area contributed by atoms with Crippen LogP contribution in [0.2, 0.25) is 0 Å². The number of hydrogen-bond donors (Lipinski definition) is 1. The van der Waals surface area contributed by atoms with Crippen molar-refractivity contribution in [1.29, 1.82) is 0 Å². The number of benzene rings is 1. The Morgan fingerprint density at radius 2 is 1.95 bits per heavy atom. The summed E-state index contributed by atoms with van der Waals surface area (Å²) >= 11 is 0. The first kappa shape index (κ1) is 11.8. The zero-order valence-electron chi connectivity index (χ0n) is 11.2. The third-order valence-corrected chi connectivity index (χ3v) is 3.01. The number of hydrogen-bond acceptors (Lipinski definition) is 5. The molecule has 3 rings (SSSR count). The summed E-state index contributed by atoms with van der Waals surface area (Å²) in [5.74, 6) is 1.91. The Hall–Kier alpha value is -2.24. The van der Waals surface area contributed by atoms with Gasteiger partial charge in [0.05, 0.1) is 11.4 Å².